The smallest absolute Gasteiger partial charge is 0.133 e. The molecule has 1 heterocycles. The van der Waals surface area contributed by atoms with E-state index in [2.05, 4.69) is 40.2 Å². The molecule has 0 bridgehead atoms. The molecule has 0 unspecified atom stereocenters. The fourth-order valence-electron chi connectivity index (χ4n) is 2.79. The fraction of sp³-hybridized carbons (Fsp3) is 0. The molecule has 3 aromatic carbocycles. The molecule has 4 aromatic rings. The molecule has 0 atom stereocenters. The summed E-state index contributed by atoms with van der Waals surface area (Å²) in [6.07, 6.45) is 0. The summed E-state index contributed by atoms with van der Waals surface area (Å²) in [5.41, 5.74) is 5.75. The second-order valence-corrected chi connectivity index (χ2v) is 6.41. The normalized spacial score (nSPS) is 10.6. The lowest BCUT2D eigenvalue weighted by Gasteiger charge is -2.13. The van der Waals surface area contributed by atoms with E-state index in [1.807, 2.05) is 66.7 Å². The number of halogens is 1. The van der Waals surface area contributed by atoms with Crippen LogP contribution in [-0.2, 0) is 0 Å². The van der Waals surface area contributed by atoms with E-state index in [1.54, 1.807) is 0 Å². The molecule has 4 rings (SSSR count). The minimum Gasteiger partial charge on any atom is -0.243 e. The van der Waals surface area contributed by atoms with Gasteiger partial charge in [0.2, 0.25) is 0 Å². The molecule has 3 heteroatoms. The van der Waals surface area contributed by atoms with Gasteiger partial charge in [-0.25, -0.2) is 9.97 Å². The fourth-order valence-corrected chi connectivity index (χ4v) is 3.28. The summed E-state index contributed by atoms with van der Waals surface area (Å²) in [6, 6.07) is 30.5. The van der Waals surface area contributed by atoms with Crippen LogP contribution in [0, 0.1) is 0 Å². The maximum atomic E-state index is 4.98. The van der Waals surface area contributed by atoms with Crippen LogP contribution in [0.5, 0.6) is 0 Å². The summed E-state index contributed by atoms with van der Waals surface area (Å²) in [6.45, 7) is 0. The largest absolute Gasteiger partial charge is 0.243 e. The van der Waals surface area contributed by atoms with Gasteiger partial charge in [0.15, 0.2) is 0 Å². The molecule has 0 aliphatic carbocycles. The van der Waals surface area contributed by atoms with E-state index < -0.39 is 0 Å². The highest BCUT2D eigenvalue weighted by Gasteiger charge is 2.16. The van der Waals surface area contributed by atoms with Gasteiger partial charge in [0.25, 0.3) is 0 Å². The van der Waals surface area contributed by atoms with Gasteiger partial charge in [-0.05, 0) is 15.9 Å². The second-order valence-electron chi connectivity index (χ2n) is 5.66. The van der Waals surface area contributed by atoms with E-state index in [4.69, 9.17) is 9.97 Å². The van der Waals surface area contributed by atoms with E-state index in [1.165, 1.54) is 0 Å². The van der Waals surface area contributed by atoms with Crippen LogP contribution >= 0.6 is 15.9 Å². The molecule has 1 aromatic heterocycles. The van der Waals surface area contributed by atoms with Crippen LogP contribution in [-0.4, -0.2) is 9.97 Å². The Hall–Kier alpha value is -2.78. The van der Waals surface area contributed by atoms with Crippen molar-refractivity contribution in [1.29, 1.82) is 0 Å². The molecule has 0 N–H and O–H groups in total. The summed E-state index contributed by atoms with van der Waals surface area (Å²) < 4.78 is 0.747. The van der Waals surface area contributed by atoms with Crippen LogP contribution < -0.4 is 0 Å². The quantitative estimate of drug-likeness (QED) is 0.416. The molecular weight excluding hydrogens is 372 g/mol. The first kappa shape index (κ1) is 15.7. The van der Waals surface area contributed by atoms with Crippen molar-refractivity contribution >= 4 is 15.9 Å². The predicted molar refractivity (Wildman–Crippen MR) is 106 cm³/mol. The van der Waals surface area contributed by atoms with Crippen LogP contribution in [0.4, 0.5) is 0 Å². The van der Waals surface area contributed by atoms with E-state index in [9.17, 15) is 0 Å². The van der Waals surface area contributed by atoms with E-state index in [0.717, 1.165) is 38.4 Å². The van der Waals surface area contributed by atoms with Gasteiger partial charge in [0, 0.05) is 16.7 Å². The SMILES string of the molecule is Brc1nc(-c2ccccc2)c(-c2ccccc2)nc1-c1ccccc1. The van der Waals surface area contributed by atoms with Gasteiger partial charge in [-0.1, -0.05) is 91.0 Å². The molecule has 0 fully saturated rings. The molecule has 120 valence electrons. The lowest BCUT2D eigenvalue weighted by atomic mass is 10.0. The van der Waals surface area contributed by atoms with Crippen molar-refractivity contribution in [2.75, 3.05) is 0 Å². The first-order chi connectivity index (χ1) is 12.3. The molecule has 25 heavy (non-hydrogen) atoms. The Labute approximate surface area is 155 Å². The van der Waals surface area contributed by atoms with E-state index in [-0.39, 0.29) is 0 Å². The Bertz CT molecular complexity index is 984. The average Bonchev–Trinajstić information content (AvgIpc) is 2.70. The second kappa shape index (κ2) is 6.99. The Balaban J connectivity index is 1.98. The summed E-state index contributed by atoms with van der Waals surface area (Å²) in [5, 5.41) is 0. The third kappa shape index (κ3) is 3.24. The summed E-state index contributed by atoms with van der Waals surface area (Å²) in [4.78, 5) is 9.83. The minimum absolute atomic E-state index is 0.747. The van der Waals surface area contributed by atoms with Crippen LogP contribution in [0.15, 0.2) is 95.6 Å². The van der Waals surface area contributed by atoms with E-state index in [0.29, 0.717) is 0 Å². The van der Waals surface area contributed by atoms with Gasteiger partial charge in [0.05, 0.1) is 11.4 Å². The van der Waals surface area contributed by atoms with Crippen molar-refractivity contribution in [3.05, 3.63) is 95.6 Å². The topological polar surface area (TPSA) is 25.8 Å². The zero-order valence-corrected chi connectivity index (χ0v) is 15.0. The van der Waals surface area contributed by atoms with Crippen molar-refractivity contribution in [2.45, 2.75) is 0 Å². The van der Waals surface area contributed by atoms with Gasteiger partial charge in [-0.3, -0.25) is 0 Å². The van der Waals surface area contributed by atoms with Gasteiger partial charge in [0.1, 0.15) is 10.3 Å². The van der Waals surface area contributed by atoms with E-state index >= 15 is 0 Å². The maximum Gasteiger partial charge on any atom is 0.133 e. The number of aromatic nitrogens is 2. The molecule has 0 aliphatic rings. The minimum atomic E-state index is 0.747. The Kier molecular flexibility index (Phi) is 4.40. The zero-order valence-electron chi connectivity index (χ0n) is 13.4. The van der Waals surface area contributed by atoms with Gasteiger partial charge < -0.3 is 0 Å². The highest BCUT2D eigenvalue weighted by atomic mass is 79.9. The van der Waals surface area contributed by atoms with Crippen molar-refractivity contribution in [1.82, 2.24) is 9.97 Å². The van der Waals surface area contributed by atoms with Crippen LogP contribution in [0.3, 0.4) is 0 Å². The summed E-state index contributed by atoms with van der Waals surface area (Å²) >= 11 is 3.61. The van der Waals surface area contributed by atoms with Crippen LogP contribution in [0.1, 0.15) is 0 Å². The number of hydrogen-bond donors (Lipinski definition) is 0. The zero-order chi connectivity index (χ0) is 17.1. The van der Waals surface area contributed by atoms with Crippen molar-refractivity contribution < 1.29 is 0 Å². The Morgan fingerprint density at radius 3 is 1.24 bits per heavy atom. The first-order valence-electron chi connectivity index (χ1n) is 8.07. The molecule has 0 saturated heterocycles. The highest BCUT2D eigenvalue weighted by molar-refractivity contribution is 9.10. The number of nitrogens with zero attached hydrogens (tertiary/aromatic N) is 2. The van der Waals surface area contributed by atoms with Crippen molar-refractivity contribution in [3.63, 3.8) is 0 Å². The lowest BCUT2D eigenvalue weighted by molar-refractivity contribution is 1.18. The molecule has 0 amide bonds. The predicted octanol–water partition coefficient (Wildman–Crippen LogP) is 6.24. The molecule has 2 nitrogen and oxygen atoms in total. The standard InChI is InChI=1S/C22H15BrN2/c23-22-21(18-14-8-3-9-15-18)24-19(16-10-4-1-5-11-16)20(25-22)17-12-6-2-7-13-17/h1-15H. The molecule has 0 aliphatic heterocycles. The first-order valence-corrected chi connectivity index (χ1v) is 8.86. The molecular formula is C22H15BrN2. The average molecular weight is 387 g/mol. The summed E-state index contributed by atoms with van der Waals surface area (Å²) in [7, 11) is 0. The maximum absolute atomic E-state index is 4.98. The van der Waals surface area contributed by atoms with Gasteiger partial charge in [-0.15, -0.1) is 0 Å². The molecule has 0 radical (unpaired) electrons. The van der Waals surface area contributed by atoms with Crippen LogP contribution in [0.2, 0.25) is 0 Å². The number of benzene rings is 3. The Morgan fingerprint density at radius 1 is 0.440 bits per heavy atom. The third-order valence-electron chi connectivity index (χ3n) is 3.99. The van der Waals surface area contributed by atoms with Gasteiger partial charge >= 0.3 is 0 Å². The third-order valence-corrected chi connectivity index (χ3v) is 4.55. The molecule has 0 saturated carbocycles. The lowest BCUT2D eigenvalue weighted by Crippen LogP contribution is -1.98. The Morgan fingerprint density at radius 2 is 0.800 bits per heavy atom. The van der Waals surface area contributed by atoms with Gasteiger partial charge in [-0.2, -0.15) is 0 Å². The highest BCUT2D eigenvalue weighted by Crippen LogP contribution is 2.34. The monoisotopic (exact) mass is 386 g/mol. The van der Waals surface area contributed by atoms with Crippen molar-refractivity contribution in [3.8, 4) is 33.8 Å². The number of rotatable bonds is 3. The number of hydrogen-bond acceptors (Lipinski definition) is 2. The van der Waals surface area contributed by atoms with Crippen LogP contribution in [0.25, 0.3) is 33.8 Å². The summed E-state index contributed by atoms with van der Waals surface area (Å²) in [5.74, 6) is 0. The molecule has 0 spiro atoms. The van der Waals surface area contributed by atoms with Crippen molar-refractivity contribution in [2.24, 2.45) is 0 Å².